The number of likely N-dealkylation sites (N-methyl/N-ethyl adjacent to an activating group) is 1. The van der Waals surface area contributed by atoms with Gasteiger partial charge in [-0.05, 0) is 19.8 Å². The van der Waals surface area contributed by atoms with Gasteiger partial charge in [0.1, 0.15) is 5.57 Å². The van der Waals surface area contributed by atoms with Gasteiger partial charge < -0.3 is 15.4 Å². The van der Waals surface area contributed by atoms with Crippen LogP contribution in [0.25, 0.3) is 0 Å². The van der Waals surface area contributed by atoms with Gasteiger partial charge in [0, 0.05) is 7.05 Å². The highest BCUT2D eigenvalue weighted by Crippen LogP contribution is 2.42. The summed E-state index contributed by atoms with van der Waals surface area (Å²) in [6, 6.07) is 0. The van der Waals surface area contributed by atoms with Gasteiger partial charge in [-0.1, -0.05) is 19.3 Å². The second-order valence-corrected chi connectivity index (χ2v) is 4.97. The molecule has 1 fully saturated rings. The highest BCUT2D eigenvalue weighted by atomic mass is 16.5. The summed E-state index contributed by atoms with van der Waals surface area (Å²) in [6.07, 6.45) is 4.91. The summed E-state index contributed by atoms with van der Waals surface area (Å²) in [7, 11) is 1.73. The number of hydrogen-bond donors (Lipinski definition) is 1. The fourth-order valence-electron chi connectivity index (χ4n) is 3.03. The summed E-state index contributed by atoms with van der Waals surface area (Å²) in [6.45, 7) is 1.97. The Balaban J connectivity index is 2.38. The first-order chi connectivity index (χ1) is 8.54. The Kier molecular flexibility index (Phi) is 3.32. The fraction of sp³-hybridized carbons (Fsp3) is 0.692. The normalized spacial score (nSPS) is 22.8. The summed E-state index contributed by atoms with van der Waals surface area (Å²) in [4.78, 5) is 25.7. The number of amides is 1. The molecule has 2 rings (SSSR count). The van der Waals surface area contributed by atoms with Crippen molar-refractivity contribution in [3.8, 4) is 0 Å². The summed E-state index contributed by atoms with van der Waals surface area (Å²) in [5, 5.41) is 0. The number of rotatable bonds is 2. The minimum atomic E-state index is -0.589. The highest BCUT2D eigenvalue weighted by Gasteiger charge is 2.51. The van der Waals surface area contributed by atoms with Crippen molar-refractivity contribution in [3.05, 3.63) is 11.3 Å². The van der Waals surface area contributed by atoms with Crippen molar-refractivity contribution in [1.82, 2.24) is 4.90 Å². The number of esters is 1. The molecule has 1 spiro atoms. The van der Waals surface area contributed by atoms with Gasteiger partial charge in [-0.3, -0.25) is 4.79 Å². The molecule has 2 N–H and O–H groups in total. The molecule has 0 radical (unpaired) electrons. The van der Waals surface area contributed by atoms with E-state index in [0.717, 1.165) is 32.1 Å². The summed E-state index contributed by atoms with van der Waals surface area (Å²) >= 11 is 0. The minimum absolute atomic E-state index is 0.0428. The van der Waals surface area contributed by atoms with Crippen LogP contribution in [0.5, 0.6) is 0 Å². The van der Waals surface area contributed by atoms with E-state index in [2.05, 4.69) is 0 Å². The Morgan fingerprint density at radius 3 is 2.56 bits per heavy atom. The van der Waals surface area contributed by atoms with Crippen LogP contribution in [0.2, 0.25) is 0 Å². The maximum Gasteiger partial charge on any atom is 0.345 e. The van der Waals surface area contributed by atoms with Crippen molar-refractivity contribution >= 4 is 11.9 Å². The van der Waals surface area contributed by atoms with Crippen molar-refractivity contribution in [2.75, 3.05) is 13.7 Å². The lowest BCUT2D eigenvalue weighted by atomic mass is 9.79. The van der Waals surface area contributed by atoms with Gasteiger partial charge in [-0.25, -0.2) is 4.79 Å². The SMILES string of the molecule is CCOC(=O)C1=C(N)C2(CCCCC2)N(C)C1=O. The molecule has 0 bridgehead atoms. The van der Waals surface area contributed by atoms with E-state index in [9.17, 15) is 9.59 Å². The van der Waals surface area contributed by atoms with Gasteiger partial charge in [0.15, 0.2) is 0 Å². The zero-order valence-electron chi connectivity index (χ0n) is 11.0. The van der Waals surface area contributed by atoms with E-state index in [4.69, 9.17) is 10.5 Å². The molecular formula is C13H20N2O3. The molecule has 1 aliphatic heterocycles. The second-order valence-electron chi connectivity index (χ2n) is 4.97. The van der Waals surface area contributed by atoms with Gasteiger partial charge in [-0.15, -0.1) is 0 Å². The Labute approximate surface area is 107 Å². The maximum atomic E-state index is 12.2. The molecule has 0 saturated heterocycles. The van der Waals surface area contributed by atoms with Gasteiger partial charge in [0.2, 0.25) is 0 Å². The zero-order valence-corrected chi connectivity index (χ0v) is 11.0. The first-order valence-electron chi connectivity index (χ1n) is 6.50. The molecule has 5 heteroatoms. The van der Waals surface area contributed by atoms with Crippen LogP contribution in [0.15, 0.2) is 11.3 Å². The molecule has 1 aliphatic carbocycles. The van der Waals surface area contributed by atoms with E-state index in [1.165, 1.54) is 0 Å². The molecule has 0 unspecified atom stereocenters. The fourth-order valence-corrected chi connectivity index (χ4v) is 3.03. The topological polar surface area (TPSA) is 72.6 Å². The highest BCUT2D eigenvalue weighted by molar-refractivity contribution is 6.19. The monoisotopic (exact) mass is 252 g/mol. The van der Waals surface area contributed by atoms with Crippen molar-refractivity contribution in [3.63, 3.8) is 0 Å². The van der Waals surface area contributed by atoms with Crippen molar-refractivity contribution < 1.29 is 14.3 Å². The molecule has 1 saturated carbocycles. The third-order valence-electron chi connectivity index (χ3n) is 4.09. The van der Waals surface area contributed by atoms with E-state index >= 15 is 0 Å². The van der Waals surface area contributed by atoms with Crippen LogP contribution in [0.3, 0.4) is 0 Å². The molecule has 100 valence electrons. The number of nitrogens with zero attached hydrogens (tertiary/aromatic N) is 1. The average molecular weight is 252 g/mol. The van der Waals surface area contributed by atoms with Crippen molar-refractivity contribution in [2.45, 2.75) is 44.6 Å². The third-order valence-corrected chi connectivity index (χ3v) is 4.09. The zero-order chi connectivity index (χ0) is 13.3. The first kappa shape index (κ1) is 12.9. The molecule has 1 heterocycles. The predicted molar refractivity (Wildman–Crippen MR) is 66.4 cm³/mol. The standard InChI is InChI=1S/C13H20N2O3/c1-3-18-12(17)9-10(14)13(15(2)11(9)16)7-5-4-6-8-13/h3-8,14H2,1-2H3. The van der Waals surface area contributed by atoms with Crippen LogP contribution < -0.4 is 5.73 Å². The number of carbonyl (C=O) groups is 2. The summed E-state index contributed by atoms with van der Waals surface area (Å²) in [5.74, 6) is -0.887. The second kappa shape index (κ2) is 4.63. The first-order valence-corrected chi connectivity index (χ1v) is 6.50. The molecule has 0 aromatic rings. The molecular weight excluding hydrogens is 232 g/mol. The summed E-state index contributed by atoms with van der Waals surface area (Å²) in [5.41, 5.74) is 6.12. The molecule has 0 aromatic carbocycles. The minimum Gasteiger partial charge on any atom is -0.462 e. The molecule has 1 amide bonds. The quantitative estimate of drug-likeness (QED) is 0.586. The maximum absolute atomic E-state index is 12.2. The van der Waals surface area contributed by atoms with Crippen molar-refractivity contribution in [2.24, 2.45) is 5.73 Å². The largest absolute Gasteiger partial charge is 0.462 e. The molecule has 0 aromatic heterocycles. The van der Waals surface area contributed by atoms with Gasteiger partial charge in [-0.2, -0.15) is 0 Å². The van der Waals surface area contributed by atoms with E-state index in [1.807, 2.05) is 0 Å². The lowest BCUT2D eigenvalue weighted by molar-refractivity contribution is -0.141. The van der Waals surface area contributed by atoms with Crippen LogP contribution >= 0.6 is 0 Å². The lowest BCUT2D eigenvalue weighted by Gasteiger charge is -2.40. The van der Waals surface area contributed by atoms with Crippen molar-refractivity contribution in [1.29, 1.82) is 0 Å². The Hall–Kier alpha value is -1.52. The van der Waals surface area contributed by atoms with Crippen LogP contribution in [0.1, 0.15) is 39.0 Å². The average Bonchev–Trinajstić information content (AvgIpc) is 2.54. The summed E-state index contributed by atoms with van der Waals surface area (Å²) < 4.78 is 4.92. The van der Waals surface area contributed by atoms with Crippen LogP contribution in [-0.4, -0.2) is 36.0 Å². The van der Waals surface area contributed by atoms with E-state index in [1.54, 1.807) is 18.9 Å². The lowest BCUT2D eigenvalue weighted by Crippen LogP contribution is -2.48. The number of carbonyl (C=O) groups excluding carboxylic acids is 2. The van der Waals surface area contributed by atoms with Gasteiger partial charge in [0.25, 0.3) is 5.91 Å². The van der Waals surface area contributed by atoms with Gasteiger partial charge in [0.05, 0.1) is 17.8 Å². The Morgan fingerprint density at radius 2 is 2.00 bits per heavy atom. The predicted octanol–water partition coefficient (Wildman–Crippen LogP) is 0.937. The van der Waals surface area contributed by atoms with Crippen LogP contribution in [-0.2, 0) is 14.3 Å². The molecule has 2 aliphatic rings. The van der Waals surface area contributed by atoms with E-state index < -0.39 is 11.5 Å². The van der Waals surface area contributed by atoms with Crippen LogP contribution in [0, 0.1) is 0 Å². The van der Waals surface area contributed by atoms with E-state index in [0.29, 0.717) is 5.70 Å². The third kappa shape index (κ3) is 1.69. The number of ether oxygens (including phenoxy) is 1. The van der Waals surface area contributed by atoms with Crippen LogP contribution in [0.4, 0.5) is 0 Å². The Morgan fingerprint density at radius 1 is 1.39 bits per heavy atom. The number of hydrogen-bond acceptors (Lipinski definition) is 4. The Bertz CT molecular complexity index is 408. The molecule has 18 heavy (non-hydrogen) atoms. The number of nitrogens with two attached hydrogens (primary N) is 1. The van der Waals surface area contributed by atoms with E-state index in [-0.39, 0.29) is 18.1 Å². The molecule has 0 atom stereocenters. The molecule has 5 nitrogen and oxygen atoms in total. The van der Waals surface area contributed by atoms with Gasteiger partial charge >= 0.3 is 5.97 Å². The smallest absolute Gasteiger partial charge is 0.345 e.